The predicted octanol–water partition coefficient (Wildman–Crippen LogP) is 2.66. The van der Waals surface area contributed by atoms with Crippen LogP contribution in [0, 0.1) is 13.8 Å². The number of nitrogens with one attached hydrogen (secondary N) is 1. The van der Waals surface area contributed by atoms with Gasteiger partial charge in [-0.1, -0.05) is 30.3 Å². The van der Waals surface area contributed by atoms with E-state index in [1.54, 1.807) is 0 Å². The fraction of sp³-hybridized carbons (Fsp3) is 0.222. The molecule has 0 saturated heterocycles. The van der Waals surface area contributed by atoms with Crippen LogP contribution in [0.3, 0.4) is 0 Å². The number of carbonyl (C=O) groups excluding carboxylic acids is 1. The van der Waals surface area contributed by atoms with Gasteiger partial charge in [0.15, 0.2) is 11.9 Å². The normalized spacial score (nSPS) is 13.7. The Morgan fingerprint density at radius 3 is 2.61 bits per heavy atom. The number of anilines is 1. The van der Waals surface area contributed by atoms with E-state index in [1.807, 2.05) is 66.9 Å². The maximum absolute atomic E-state index is 11.1. The first-order chi connectivity index (χ1) is 11.1. The van der Waals surface area contributed by atoms with Crippen molar-refractivity contribution in [2.45, 2.75) is 26.0 Å². The first kappa shape index (κ1) is 15.2. The van der Waals surface area contributed by atoms with Gasteiger partial charge < -0.3 is 19.6 Å². The van der Waals surface area contributed by atoms with Gasteiger partial charge in [0.05, 0.1) is 17.4 Å². The van der Waals surface area contributed by atoms with Crippen molar-refractivity contribution in [3.63, 3.8) is 0 Å². The number of aldehydes is 1. The monoisotopic (exact) mass is 309 g/mol. The van der Waals surface area contributed by atoms with Crippen LogP contribution in [0.4, 0.5) is 5.69 Å². The van der Waals surface area contributed by atoms with Crippen LogP contribution in [0.15, 0.2) is 48.7 Å². The summed E-state index contributed by atoms with van der Waals surface area (Å²) in [5.41, 5.74) is 4.41. The van der Waals surface area contributed by atoms with E-state index >= 15 is 0 Å². The second-order valence-electron chi connectivity index (χ2n) is 5.56. The number of imidazole rings is 1. The topological polar surface area (TPSA) is 66.6 Å². The van der Waals surface area contributed by atoms with Crippen LogP contribution in [-0.2, 0) is 4.79 Å². The van der Waals surface area contributed by atoms with Crippen LogP contribution in [0.5, 0.6) is 0 Å². The zero-order chi connectivity index (χ0) is 16.4. The third kappa shape index (κ3) is 2.83. The highest BCUT2D eigenvalue weighted by Gasteiger charge is 2.22. The molecule has 2 heterocycles. The Balaban J connectivity index is 2.04. The van der Waals surface area contributed by atoms with E-state index in [4.69, 9.17) is 0 Å². The van der Waals surface area contributed by atoms with Crippen molar-refractivity contribution in [3.8, 4) is 0 Å². The zero-order valence-electron chi connectivity index (χ0n) is 13.1. The Morgan fingerprint density at radius 1 is 1.17 bits per heavy atom. The Kier molecular flexibility index (Phi) is 4.12. The van der Waals surface area contributed by atoms with Gasteiger partial charge in [0.1, 0.15) is 6.10 Å². The lowest BCUT2D eigenvalue weighted by Crippen LogP contribution is -2.27. The van der Waals surface area contributed by atoms with Crippen LogP contribution >= 0.6 is 0 Å². The number of pyridine rings is 1. The highest BCUT2D eigenvalue weighted by molar-refractivity contribution is 5.70. The second-order valence-corrected chi connectivity index (χ2v) is 5.56. The number of aliphatic hydroxyl groups is 1. The highest BCUT2D eigenvalue weighted by Crippen LogP contribution is 2.26. The second kappa shape index (κ2) is 6.22. The summed E-state index contributed by atoms with van der Waals surface area (Å²) < 4.78 is 1.99. The molecule has 2 aromatic heterocycles. The highest BCUT2D eigenvalue weighted by atomic mass is 16.3. The Labute approximate surface area is 134 Å². The maximum Gasteiger partial charge on any atom is 0.160 e. The Morgan fingerprint density at radius 2 is 1.91 bits per heavy atom. The molecular weight excluding hydrogens is 290 g/mol. The minimum atomic E-state index is -1.14. The number of fused-ring (bicyclic) bond motifs is 1. The molecule has 2 atom stereocenters. The standard InChI is InChI=1S/C18H19N3O2/c1-12-13(2)21-10-6-9-15(18(21)19-12)20-17(16(23)11-22)14-7-4-3-5-8-14/h3-11,16-17,20,23H,1-2H3/t16-,17+/m0/s1. The SMILES string of the molecule is Cc1nc2c(N[C@H](c3ccccc3)[C@@H](O)C=O)cccn2c1C. The van der Waals surface area contributed by atoms with E-state index in [1.165, 1.54) is 0 Å². The summed E-state index contributed by atoms with van der Waals surface area (Å²) in [4.78, 5) is 15.7. The third-order valence-electron chi connectivity index (χ3n) is 4.08. The van der Waals surface area contributed by atoms with E-state index in [0.29, 0.717) is 6.29 Å². The van der Waals surface area contributed by atoms with Crippen molar-refractivity contribution >= 4 is 17.6 Å². The third-order valence-corrected chi connectivity index (χ3v) is 4.08. The molecule has 0 spiro atoms. The molecular formula is C18H19N3O2. The van der Waals surface area contributed by atoms with Crippen LogP contribution in [-0.4, -0.2) is 26.9 Å². The molecule has 0 aliphatic carbocycles. The number of hydrogen-bond donors (Lipinski definition) is 2. The molecule has 0 saturated carbocycles. The molecule has 0 fully saturated rings. The van der Waals surface area contributed by atoms with Gasteiger partial charge in [0.2, 0.25) is 0 Å². The molecule has 3 aromatic rings. The lowest BCUT2D eigenvalue weighted by atomic mass is 10.0. The van der Waals surface area contributed by atoms with E-state index in [-0.39, 0.29) is 0 Å². The van der Waals surface area contributed by atoms with Crippen LogP contribution < -0.4 is 5.32 Å². The number of aliphatic hydroxyl groups excluding tert-OH is 1. The molecule has 0 unspecified atom stereocenters. The molecule has 23 heavy (non-hydrogen) atoms. The number of carbonyl (C=O) groups is 1. The van der Waals surface area contributed by atoms with Crippen LogP contribution in [0.25, 0.3) is 5.65 Å². The summed E-state index contributed by atoms with van der Waals surface area (Å²) >= 11 is 0. The largest absolute Gasteiger partial charge is 0.383 e. The smallest absolute Gasteiger partial charge is 0.160 e. The average molecular weight is 309 g/mol. The fourth-order valence-corrected chi connectivity index (χ4v) is 2.68. The lowest BCUT2D eigenvalue weighted by Gasteiger charge is -2.22. The van der Waals surface area contributed by atoms with Crippen molar-refractivity contribution in [3.05, 3.63) is 65.6 Å². The summed E-state index contributed by atoms with van der Waals surface area (Å²) in [6, 6.07) is 12.7. The van der Waals surface area contributed by atoms with Crippen molar-refractivity contribution in [2.75, 3.05) is 5.32 Å². The molecule has 0 amide bonds. The van der Waals surface area contributed by atoms with Gasteiger partial charge in [-0.15, -0.1) is 0 Å². The molecule has 2 N–H and O–H groups in total. The summed E-state index contributed by atoms with van der Waals surface area (Å²) in [5, 5.41) is 13.4. The van der Waals surface area contributed by atoms with Gasteiger partial charge >= 0.3 is 0 Å². The number of benzene rings is 1. The lowest BCUT2D eigenvalue weighted by molar-refractivity contribution is -0.115. The summed E-state index contributed by atoms with van der Waals surface area (Å²) in [6.45, 7) is 3.97. The number of hydrogen-bond acceptors (Lipinski definition) is 4. The minimum Gasteiger partial charge on any atom is -0.383 e. The predicted molar refractivity (Wildman–Crippen MR) is 89.5 cm³/mol. The summed E-state index contributed by atoms with van der Waals surface area (Å²) in [7, 11) is 0. The molecule has 0 aliphatic rings. The van der Waals surface area contributed by atoms with Crippen LogP contribution in [0.2, 0.25) is 0 Å². The Bertz CT molecular complexity index is 827. The van der Waals surface area contributed by atoms with Crippen molar-refractivity contribution in [2.24, 2.45) is 0 Å². The van der Waals surface area contributed by atoms with Gasteiger partial charge in [-0.05, 0) is 31.5 Å². The first-order valence-corrected chi connectivity index (χ1v) is 7.51. The van der Waals surface area contributed by atoms with Crippen molar-refractivity contribution < 1.29 is 9.90 Å². The molecule has 5 nitrogen and oxygen atoms in total. The van der Waals surface area contributed by atoms with Gasteiger partial charge in [-0.25, -0.2) is 4.98 Å². The van der Waals surface area contributed by atoms with Gasteiger partial charge in [-0.2, -0.15) is 0 Å². The van der Waals surface area contributed by atoms with E-state index < -0.39 is 12.1 Å². The number of aryl methyl sites for hydroxylation is 2. The quantitative estimate of drug-likeness (QED) is 0.711. The van der Waals surface area contributed by atoms with Crippen molar-refractivity contribution in [1.82, 2.24) is 9.38 Å². The first-order valence-electron chi connectivity index (χ1n) is 7.51. The molecule has 0 bridgehead atoms. The molecule has 5 heteroatoms. The number of rotatable bonds is 5. The maximum atomic E-state index is 11.1. The average Bonchev–Trinajstić information content (AvgIpc) is 2.88. The van der Waals surface area contributed by atoms with E-state index in [2.05, 4.69) is 10.3 Å². The van der Waals surface area contributed by atoms with Crippen LogP contribution in [0.1, 0.15) is 23.0 Å². The number of nitrogens with zero attached hydrogens (tertiary/aromatic N) is 2. The molecule has 3 rings (SSSR count). The molecule has 0 radical (unpaired) electrons. The molecule has 0 aliphatic heterocycles. The molecule has 1 aromatic carbocycles. The van der Waals surface area contributed by atoms with E-state index in [0.717, 1.165) is 28.3 Å². The van der Waals surface area contributed by atoms with Gasteiger partial charge in [0, 0.05) is 11.9 Å². The van der Waals surface area contributed by atoms with Gasteiger partial charge in [-0.3, -0.25) is 0 Å². The fourth-order valence-electron chi connectivity index (χ4n) is 2.68. The van der Waals surface area contributed by atoms with E-state index in [9.17, 15) is 9.90 Å². The Hall–Kier alpha value is -2.66. The summed E-state index contributed by atoms with van der Waals surface area (Å²) in [5.74, 6) is 0. The molecule has 118 valence electrons. The van der Waals surface area contributed by atoms with Crippen molar-refractivity contribution in [1.29, 1.82) is 0 Å². The number of aromatic nitrogens is 2. The zero-order valence-corrected chi connectivity index (χ0v) is 13.1. The summed E-state index contributed by atoms with van der Waals surface area (Å²) in [6.07, 6.45) is 1.35. The minimum absolute atomic E-state index is 0.530. The van der Waals surface area contributed by atoms with Gasteiger partial charge in [0.25, 0.3) is 0 Å².